The van der Waals surface area contributed by atoms with Crippen LogP contribution < -0.4 is 5.32 Å². The fourth-order valence-electron chi connectivity index (χ4n) is 2.04. The van der Waals surface area contributed by atoms with E-state index in [1.54, 1.807) is 34.6 Å². The van der Waals surface area contributed by atoms with Gasteiger partial charge in [0.05, 0.1) is 6.61 Å². The van der Waals surface area contributed by atoms with E-state index in [1.165, 1.54) is 0 Å². The SMILES string of the molecule is CC(C)[C@H](NC(=O)OC(C)(C)C)C(=O)OC[C@@H]1COC(C)(C)O1. The molecule has 0 spiro atoms. The standard InChI is InChI=1S/C16H29NO6/c1-10(2)12(17-14(19)23-15(3,4)5)13(18)20-8-11-9-21-16(6,7)22-11/h10-12H,8-9H2,1-7H3,(H,17,19)/t11-,12+/m1/s1. The van der Waals surface area contributed by atoms with E-state index < -0.39 is 29.5 Å². The first-order valence-corrected chi connectivity index (χ1v) is 7.87. The molecule has 0 bridgehead atoms. The summed E-state index contributed by atoms with van der Waals surface area (Å²) in [6, 6.07) is -0.778. The fourth-order valence-corrected chi connectivity index (χ4v) is 2.04. The van der Waals surface area contributed by atoms with Crippen LogP contribution in [0.3, 0.4) is 0 Å². The smallest absolute Gasteiger partial charge is 0.408 e. The van der Waals surface area contributed by atoms with Crippen LogP contribution in [0.4, 0.5) is 4.79 Å². The summed E-state index contributed by atoms with van der Waals surface area (Å²) in [5, 5.41) is 2.56. The topological polar surface area (TPSA) is 83.1 Å². The zero-order chi connectivity index (χ0) is 17.8. The molecule has 7 nitrogen and oxygen atoms in total. The van der Waals surface area contributed by atoms with Crippen LogP contribution in [0.2, 0.25) is 0 Å². The Bertz CT molecular complexity index is 427. The Morgan fingerprint density at radius 1 is 1.30 bits per heavy atom. The summed E-state index contributed by atoms with van der Waals surface area (Å²) in [6.45, 7) is 13.0. The second kappa shape index (κ2) is 7.49. The molecule has 0 unspecified atom stereocenters. The van der Waals surface area contributed by atoms with E-state index in [1.807, 2.05) is 13.8 Å². The van der Waals surface area contributed by atoms with Gasteiger partial charge in [-0.3, -0.25) is 0 Å². The number of carbonyl (C=O) groups is 2. The van der Waals surface area contributed by atoms with Crippen molar-refractivity contribution in [1.82, 2.24) is 5.32 Å². The quantitative estimate of drug-likeness (QED) is 0.778. The highest BCUT2D eigenvalue weighted by molar-refractivity contribution is 5.81. The van der Waals surface area contributed by atoms with Crippen LogP contribution in [-0.2, 0) is 23.7 Å². The lowest BCUT2D eigenvalue weighted by molar-refractivity contribution is -0.160. The second-order valence-corrected chi connectivity index (χ2v) is 7.45. The van der Waals surface area contributed by atoms with Crippen LogP contribution in [0.5, 0.6) is 0 Å². The van der Waals surface area contributed by atoms with Crippen LogP contribution in [-0.4, -0.2) is 48.8 Å². The van der Waals surface area contributed by atoms with Gasteiger partial charge in [0.15, 0.2) is 5.79 Å². The minimum atomic E-state index is -0.778. The van der Waals surface area contributed by atoms with Crippen molar-refractivity contribution in [3.63, 3.8) is 0 Å². The van der Waals surface area contributed by atoms with Crippen molar-refractivity contribution in [2.45, 2.75) is 72.0 Å². The minimum absolute atomic E-state index is 0.0848. The van der Waals surface area contributed by atoms with E-state index in [2.05, 4.69) is 5.32 Å². The van der Waals surface area contributed by atoms with Gasteiger partial charge >= 0.3 is 12.1 Å². The Balaban J connectivity index is 2.50. The average Bonchev–Trinajstić information content (AvgIpc) is 2.70. The Morgan fingerprint density at radius 2 is 1.91 bits per heavy atom. The molecule has 0 aromatic carbocycles. The third kappa shape index (κ3) is 7.18. The van der Waals surface area contributed by atoms with Crippen molar-refractivity contribution in [2.24, 2.45) is 5.92 Å². The van der Waals surface area contributed by atoms with Crippen LogP contribution in [0.25, 0.3) is 0 Å². The van der Waals surface area contributed by atoms with Gasteiger partial charge in [-0.15, -0.1) is 0 Å². The van der Waals surface area contributed by atoms with Gasteiger partial charge in [-0.25, -0.2) is 9.59 Å². The Morgan fingerprint density at radius 3 is 2.35 bits per heavy atom. The molecule has 1 heterocycles. The third-order valence-corrected chi connectivity index (χ3v) is 3.07. The summed E-state index contributed by atoms with van der Waals surface area (Å²) < 4.78 is 21.4. The van der Waals surface area contributed by atoms with E-state index in [9.17, 15) is 9.59 Å². The lowest BCUT2D eigenvalue weighted by Crippen LogP contribution is -2.47. The maximum atomic E-state index is 12.2. The molecule has 1 fully saturated rings. The lowest BCUT2D eigenvalue weighted by Gasteiger charge is -2.25. The number of hydrogen-bond acceptors (Lipinski definition) is 6. The zero-order valence-electron chi connectivity index (χ0n) is 15.1. The first-order valence-electron chi connectivity index (χ1n) is 7.87. The van der Waals surface area contributed by atoms with Crippen molar-refractivity contribution in [2.75, 3.05) is 13.2 Å². The number of alkyl carbamates (subject to hydrolysis) is 1. The highest BCUT2D eigenvalue weighted by atomic mass is 16.7. The van der Waals surface area contributed by atoms with E-state index in [0.29, 0.717) is 6.61 Å². The maximum Gasteiger partial charge on any atom is 0.408 e. The van der Waals surface area contributed by atoms with Gasteiger partial charge in [0.25, 0.3) is 0 Å². The number of esters is 1. The van der Waals surface area contributed by atoms with Crippen LogP contribution in [0.1, 0.15) is 48.5 Å². The highest BCUT2D eigenvalue weighted by Crippen LogP contribution is 2.22. The summed E-state index contributed by atoms with van der Waals surface area (Å²) in [5.74, 6) is -1.31. The second-order valence-electron chi connectivity index (χ2n) is 7.45. The normalized spacial score (nSPS) is 21.8. The highest BCUT2D eigenvalue weighted by Gasteiger charge is 2.34. The van der Waals surface area contributed by atoms with E-state index in [-0.39, 0.29) is 18.6 Å². The summed E-state index contributed by atoms with van der Waals surface area (Å²) in [5.41, 5.74) is -0.629. The zero-order valence-corrected chi connectivity index (χ0v) is 15.1. The summed E-state index contributed by atoms with van der Waals surface area (Å²) in [7, 11) is 0. The molecule has 0 aromatic heterocycles. The number of amides is 1. The summed E-state index contributed by atoms with van der Waals surface area (Å²) in [4.78, 5) is 24.1. The molecular weight excluding hydrogens is 302 g/mol. The Hall–Kier alpha value is -1.34. The molecule has 2 atom stereocenters. The van der Waals surface area contributed by atoms with Gasteiger partial charge in [0.2, 0.25) is 0 Å². The third-order valence-electron chi connectivity index (χ3n) is 3.07. The van der Waals surface area contributed by atoms with Gasteiger partial charge in [0.1, 0.15) is 24.4 Å². The van der Waals surface area contributed by atoms with Gasteiger partial charge in [-0.1, -0.05) is 13.8 Å². The first-order chi connectivity index (χ1) is 10.4. The molecule has 1 saturated heterocycles. The van der Waals surface area contributed by atoms with Gasteiger partial charge in [-0.05, 0) is 40.5 Å². The maximum absolute atomic E-state index is 12.2. The number of carbonyl (C=O) groups excluding carboxylic acids is 2. The molecule has 0 aromatic rings. The predicted octanol–water partition coefficient (Wildman–Crippen LogP) is 2.23. The number of nitrogens with one attached hydrogen (secondary N) is 1. The molecular formula is C16H29NO6. The van der Waals surface area contributed by atoms with Crippen molar-refractivity contribution < 1.29 is 28.5 Å². The predicted molar refractivity (Wildman–Crippen MR) is 83.9 cm³/mol. The van der Waals surface area contributed by atoms with E-state index in [0.717, 1.165) is 0 Å². The molecule has 23 heavy (non-hydrogen) atoms. The monoisotopic (exact) mass is 331 g/mol. The molecule has 1 rings (SSSR count). The van der Waals surface area contributed by atoms with Gasteiger partial charge in [-0.2, -0.15) is 0 Å². The molecule has 134 valence electrons. The number of rotatable bonds is 5. The van der Waals surface area contributed by atoms with Gasteiger partial charge in [0, 0.05) is 0 Å². The van der Waals surface area contributed by atoms with Crippen LogP contribution in [0, 0.1) is 5.92 Å². The first kappa shape index (κ1) is 19.7. The van der Waals surface area contributed by atoms with Crippen LogP contribution >= 0.6 is 0 Å². The average molecular weight is 331 g/mol. The van der Waals surface area contributed by atoms with E-state index >= 15 is 0 Å². The molecule has 1 amide bonds. The molecule has 1 aliphatic heterocycles. The molecule has 1 aliphatic rings. The van der Waals surface area contributed by atoms with Gasteiger partial charge < -0.3 is 24.3 Å². The molecule has 0 saturated carbocycles. The van der Waals surface area contributed by atoms with Crippen molar-refractivity contribution in [3.05, 3.63) is 0 Å². The number of ether oxygens (including phenoxy) is 4. The summed E-state index contributed by atoms with van der Waals surface area (Å²) in [6.07, 6.45) is -0.946. The fraction of sp³-hybridized carbons (Fsp3) is 0.875. The van der Waals surface area contributed by atoms with E-state index in [4.69, 9.17) is 18.9 Å². The summed E-state index contributed by atoms with van der Waals surface area (Å²) >= 11 is 0. The van der Waals surface area contributed by atoms with Crippen molar-refractivity contribution >= 4 is 12.1 Å². The molecule has 1 N–H and O–H groups in total. The molecule has 0 radical (unpaired) electrons. The van der Waals surface area contributed by atoms with Crippen LogP contribution in [0.15, 0.2) is 0 Å². The van der Waals surface area contributed by atoms with Crippen molar-refractivity contribution in [1.29, 1.82) is 0 Å². The Kier molecular flexibility index (Phi) is 6.41. The Labute approximate surface area is 138 Å². The van der Waals surface area contributed by atoms with Crippen molar-refractivity contribution in [3.8, 4) is 0 Å². The lowest BCUT2D eigenvalue weighted by atomic mass is 10.1. The number of hydrogen-bond donors (Lipinski definition) is 1. The molecule has 0 aliphatic carbocycles. The minimum Gasteiger partial charge on any atom is -0.461 e. The molecule has 7 heteroatoms. The largest absolute Gasteiger partial charge is 0.461 e.